The van der Waals surface area contributed by atoms with Gasteiger partial charge in [0.05, 0.1) is 16.1 Å². The standard InChI is InChI=1S/C15H12Cl2FN3/c16-10-3-1-9(2-4-10)5-6-21-14-7-11(17)12(18)8-13(14)20-15(21)19/h1-4,7-8H,5-6H2,(H2,19,20). The quantitative estimate of drug-likeness (QED) is 0.780. The maximum atomic E-state index is 13.4. The lowest BCUT2D eigenvalue weighted by Gasteiger charge is -2.07. The highest BCUT2D eigenvalue weighted by molar-refractivity contribution is 6.31. The van der Waals surface area contributed by atoms with Crippen LogP contribution >= 0.6 is 23.2 Å². The monoisotopic (exact) mass is 323 g/mol. The van der Waals surface area contributed by atoms with Gasteiger partial charge in [0.2, 0.25) is 5.95 Å². The first-order chi connectivity index (χ1) is 10.0. The number of nitrogens with two attached hydrogens (primary N) is 1. The largest absolute Gasteiger partial charge is 0.369 e. The van der Waals surface area contributed by atoms with Gasteiger partial charge in [0, 0.05) is 17.6 Å². The van der Waals surface area contributed by atoms with E-state index in [1.807, 2.05) is 28.8 Å². The van der Waals surface area contributed by atoms with Crippen LogP contribution < -0.4 is 5.73 Å². The maximum Gasteiger partial charge on any atom is 0.201 e. The average Bonchev–Trinajstić information content (AvgIpc) is 2.74. The number of imidazole rings is 1. The van der Waals surface area contributed by atoms with Crippen LogP contribution in [0.3, 0.4) is 0 Å². The Kier molecular flexibility index (Phi) is 3.74. The van der Waals surface area contributed by atoms with Crippen LogP contribution in [0.1, 0.15) is 5.56 Å². The van der Waals surface area contributed by atoms with E-state index in [0.29, 0.717) is 23.0 Å². The third kappa shape index (κ3) is 2.82. The summed E-state index contributed by atoms with van der Waals surface area (Å²) in [5.74, 6) is -0.146. The summed E-state index contributed by atoms with van der Waals surface area (Å²) in [5.41, 5.74) is 8.27. The first-order valence-electron chi connectivity index (χ1n) is 6.40. The lowest BCUT2D eigenvalue weighted by molar-refractivity contribution is 0.629. The minimum absolute atomic E-state index is 0.0649. The van der Waals surface area contributed by atoms with E-state index in [9.17, 15) is 4.39 Å². The van der Waals surface area contributed by atoms with Gasteiger partial charge in [-0.3, -0.25) is 0 Å². The number of hydrogen-bond donors (Lipinski definition) is 1. The number of nitrogen functional groups attached to an aromatic ring is 1. The van der Waals surface area contributed by atoms with Crippen LogP contribution in [0.25, 0.3) is 11.0 Å². The first kappa shape index (κ1) is 14.2. The minimum atomic E-state index is -0.494. The number of hydrogen-bond acceptors (Lipinski definition) is 2. The summed E-state index contributed by atoms with van der Waals surface area (Å²) in [7, 11) is 0. The van der Waals surface area contributed by atoms with Gasteiger partial charge in [-0.25, -0.2) is 9.37 Å². The van der Waals surface area contributed by atoms with E-state index in [1.54, 1.807) is 6.07 Å². The molecule has 0 radical (unpaired) electrons. The Labute approximate surface area is 131 Å². The Morgan fingerprint density at radius 2 is 1.86 bits per heavy atom. The number of aryl methyl sites for hydroxylation is 2. The Hall–Kier alpha value is -1.78. The van der Waals surface area contributed by atoms with Gasteiger partial charge in [0.15, 0.2) is 0 Å². The Morgan fingerprint density at radius 3 is 2.57 bits per heavy atom. The highest BCUT2D eigenvalue weighted by Gasteiger charge is 2.11. The second kappa shape index (κ2) is 5.54. The lowest BCUT2D eigenvalue weighted by Crippen LogP contribution is -2.05. The van der Waals surface area contributed by atoms with Crippen molar-refractivity contribution in [1.82, 2.24) is 9.55 Å². The molecule has 2 N–H and O–H groups in total. The van der Waals surface area contributed by atoms with E-state index in [0.717, 1.165) is 17.5 Å². The number of anilines is 1. The topological polar surface area (TPSA) is 43.8 Å². The number of benzene rings is 2. The molecule has 0 atom stereocenters. The molecule has 0 unspecified atom stereocenters. The summed E-state index contributed by atoms with van der Waals surface area (Å²) in [5, 5.41) is 0.767. The van der Waals surface area contributed by atoms with Crippen molar-refractivity contribution >= 4 is 40.2 Å². The van der Waals surface area contributed by atoms with Crippen molar-refractivity contribution in [3.05, 3.63) is 57.8 Å². The van der Waals surface area contributed by atoms with Crippen molar-refractivity contribution in [1.29, 1.82) is 0 Å². The molecule has 3 nitrogen and oxygen atoms in total. The predicted molar refractivity (Wildman–Crippen MR) is 84.3 cm³/mol. The van der Waals surface area contributed by atoms with Gasteiger partial charge in [-0.05, 0) is 30.2 Å². The smallest absolute Gasteiger partial charge is 0.201 e. The molecule has 108 valence electrons. The Bertz CT molecular complexity index is 797. The molecule has 1 aromatic heterocycles. The molecule has 0 spiro atoms. The van der Waals surface area contributed by atoms with Crippen molar-refractivity contribution in [3.63, 3.8) is 0 Å². The van der Waals surface area contributed by atoms with Crippen LogP contribution in [0.2, 0.25) is 10.0 Å². The zero-order chi connectivity index (χ0) is 15.0. The van der Waals surface area contributed by atoms with Crippen molar-refractivity contribution in [2.75, 3.05) is 5.73 Å². The molecular weight excluding hydrogens is 312 g/mol. The molecule has 0 aliphatic carbocycles. The highest BCUT2D eigenvalue weighted by atomic mass is 35.5. The molecule has 0 saturated carbocycles. The average molecular weight is 324 g/mol. The van der Waals surface area contributed by atoms with Gasteiger partial charge in [0.25, 0.3) is 0 Å². The molecule has 6 heteroatoms. The molecule has 0 bridgehead atoms. The zero-order valence-corrected chi connectivity index (χ0v) is 12.5. The number of aromatic nitrogens is 2. The van der Waals surface area contributed by atoms with Crippen molar-refractivity contribution < 1.29 is 4.39 Å². The van der Waals surface area contributed by atoms with Gasteiger partial charge >= 0.3 is 0 Å². The number of fused-ring (bicyclic) bond motifs is 1. The lowest BCUT2D eigenvalue weighted by atomic mass is 10.1. The van der Waals surface area contributed by atoms with Gasteiger partial charge in [0.1, 0.15) is 5.82 Å². The fourth-order valence-electron chi connectivity index (χ4n) is 2.27. The second-order valence-corrected chi connectivity index (χ2v) is 5.60. The second-order valence-electron chi connectivity index (χ2n) is 4.75. The van der Waals surface area contributed by atoms with Crippen molar-refractivity contribution in [2.45, 2.75) is 13.0 Å². The van der Waals surface area contributed by atoms with E-state index in [4.69, 9.17) is 28.9 Å². The molecular formula is C15H12Cl2FN3. The molecule has 0 aliphatic rings. The van der Waals surface area contributed by atoms with Crippen LogP contribution in [0.4, 0.5) is 10.3 Å². The zero-order valence-electron chi connectivity index (χ0n) is 11.0. The minimum Gasteiger partial charge on any atom is -0.369 e. The summed E-state index contributed by atoms with van der Waals surface area (Å²) in [4.78, 5) is 4.16. The van der Waals surface area contributed by atoms with Gasteiger partial charge in [-0.2, -0.15) is 0 Å². The fourth-order valence-corrected chi connectivity index (χ4v) is 2.55. The van der Waals surface area contributed by atoms with E-state index in [2.05, 4.69) is 4.98 Å². The summed E-state index contributed by atoms with van der Waals surface area (Å²) in [6.45, 7) is 0.631. The fraction of sp³-hybridized carbons (Fsp3) is 0.133. The molecule has 2 aromatic carbocycles. The number of halogens is 3. The maximum absolute atomic E-state index is 13.4. The van der Waals surface area contributed by atoms with Crippen LogP contribution in [0, 0.1) is 5.82 Å². The molecule has 1 heterocycles. The van der Waals surface area contributed by atoms with E-state index >= 15 is 0 Å². The third-order valence-electron chi connectivity index (χ3n) is 3.36. The normalized spacial score (nSPS) is 11.2. The van der Waals surface area contributed by atoms with Crippen molar-refractivity contribution in [3.8, 4) is 0 Å². The summed E-state index contributed by atoms with van der Waals surface area (Å²) >= 11 is 11.7. The number of rotatable bonds is 3. The Balaban J connectivity index is 1.91. The molecule has 0 amide bonds. The molecule has 3 rings (SSSR count). The van der Waals surface area contributed by atoms with Crippen LogP contribution in [0.15, 0.2) is 36.4 Å². The van der Waals surface area contributed by atoms with Crippen molar-refractivity contribution in [2.24, 2.45) is 0 Å². The van der Waals surface area contributed by atoms with Crippen LogP contribution in [-0.2, 0) is 13.0 Å². The van der Waals surface area contributed by atoms with E-state index in [1.165, 1.54) is 6.07 Å². The van der Waals surface area contributed by atoms with Gasteiger partial charge in [-0.15, -0.1) is 0 Å². The Morgan fingerprint density at radius 1 is 1.14 bits per heavy atom. The van der Waals surface area contributed by atoms with Gasteiger partial charge < -0.3 is 10.3 Å². The van der Waals surface area contributed by atoms with Crippen LogP contribution in [0.5, 0.6) is 0 Å². The molecule has 21 heavy (non-hydrogen) atoms. The molecule has 0 fully saturated rings. The van der Waals surface area contributed by atoms with E-state index in [-0.39, 0.29) is 5.02 Å². The third-order valence-corrected chi connectivity index (χ3v) is 3.90. The predicted octanol–water partition coefficient (Wildman–Crippen LogP) is 4.31. The first-order valence-corrected chi connectivity index (χ1v) is 7.15. The summed E-state index contributed by atoms with van der Waals surface area (Å²) in [6.07, 6.45) is 0.766. The molecule has 3 aromatic rings. The summed E-state index contributed by atoms with van der Waals surface area (Å²) in [6, 6.07) is 10.5. The SMILES string of the molecule is Nc1nc2cc(F)c(Cl)cc2n1CCc1ccc(Cl)cc1. The molecule has 0 aliphatic heterocycles. The molecule has 0 saturated heterocycles. The highest BCUT2D eigenvalue weighted by Crippen LogP contribution is 2.25. The summed E-state index contributed by atoms with van der Waals surface area (Å²) < 4.78 is 15.3. The number of nitrogens with zero attached hydrogens (tertiary/aromatic N) is 2. The van der Waals surface area contributed by atoms with Crippen LogP contribution in [-0.4, -0.2) is 9.55 Å². The van der Waals surface area contributed by atoms with Gasteiger partial charge in [-0.1, -0.05) is 35.3 Å². The van der Waals surface area contributed by atoms with E-state index < -0.39 is 5.82 Å².